The summed E-state index contributed by atoms with van der Waals surface area (Å²) in [6, 6.07) is 17.0. The Labute approximate surface area is 147 Å². The first-order chi connectivity index (χ1) is 12.0. The summed E-state index contributed by atoms with van der Waals surface area (Å²) in [4.78, 5) is 9.04. The third-order valence-corrected chi connectivity index (χ3v) is 3.92. The molecule has 0 bridgehead atoms. The van der Waals surface area contributed by atoms with Gasteiger partial charge in [-0.15, -0.1) is 0 Å². The highest BCUT2D eigenvalue weighted by Gasteiger charge is 2.10. The van der Waals surface area contributed by atoms with Gasteiger partial charge in [-0.2, -0.15) is 5.10 Å². The smallest absolute Gasteiger partial charge is 0.153 e. The SMILES string of the molecule is C/C(=N\Nc1nc(C)nc(-c2ccccc2)c1C)c1ccc(O)cc1. The lowest BCUT2D eigenvalue weighted by Crippen LogP contribution is -2.05. The number of hydrogen-bond donors (Lipinski definition) is 2. The molecule has 2 N–H and O–H groups in total. The van der Waals surface area contributed by atoms with Gasteiger partial charge < -0.3 is 5.11 Å². The van der Waals surface area contributed by atoms with Gasteiger partial charge in [0, 0.05) is 11.1 Å². The Hall–Kier alpha value is -3.21. The molecule has 0 atom stereocenters. The van der Waals surface area contributed by atoms with Crippen molar-refractivity contribution in [2.45, 2.75) is 20.8 Å². The number of aromatic hydroxyl groups is 1. The van der Waals surface area contributed by atoms with Crippen LogP contribution in [0.4, 0.5) is 5.82 Å². The molecule has 0 fully saturated rings. The highest BCUT2D eigenvalue weighted by atomic mass is 16.3. The summed E-state index contributed by atoms with van der Waals surface area (Å²) in [5.74, 6) is 1.60. The van der Waals surface area contributed by atoms with E-state index < -0.39 is 0 Å². The molecule has 2 aromatic carbocycles. The summed E-state index contributed by atoms with van der Waals surface area (Å²) in [6.45, 7) is 5.75. The molecule has 3 rings (SSSR count). The van der Waals surface area contributed by atoms with Crippen molar-refractivity contribution in [1.29, 1.82) is 0 Å². The topological polar surface area (TPSA) is 70.4 Å². The summed E-state index contributed by atoms with van der Waals surface area (Å²) in [5, 5.41) is 13.8. The van der Waals surface area contributed by atoms with Crippen LogP contribution in [0.5, 0.6) is 5.75 Å². The van der Waals surface area contributed by atoms with Gasteiger partial charge in [-0.05, 0) is 50.6 Å². The molecule has 0 aliphatic heterocycles. The number of aryl methyl sites for hydroxylation is 1. The fourth-order valence-electron chi connectivity index (χ4n) is 2.52. The molecule has 5 heteroatoms. The number of hydrogen-bond acceptors (Lipinski definition) is 5. The summed E-state index contributed by atoms with van der Waals surface area (Å²) in [5.41, 5.74) is 7.67. The van der Waals surface area contributed by atoms with Crippen molar-refractivity contribution >= 4 is 11.5 Å². The molecule has 126 valence electrons. The minimum atomic E-state index is 0.235. The number of hydrazone groups is 1. The Balaban J connectivity index is 1.91. The van der Waals surface area contributed by atoms with E-state index in [-0.39, 0.29) is 5.75 Å². The predicted molar refractivity (Wildman–Crippen MR) is 101 cm³/mol. The quantitative estimate of drug-likeness (QED) is 0.552. The summed E-state index contributed by atoms with van der Waals surface area (Å²) in [7, 11) is 0. The fraction of sp³-hybridized carbons (Fsp3) is 0.150. The fourth-order valence-corrected chi connectivity index (χ4v) is 2.52. The van der Waals surface area contributed by atoms with Gasteiger partial charge in [0.1, 0.15) is 11.6 Å². The molecule has 0 saturated heterocycles. The van der Waals surface area contributed by atoms with E-state index in [0.29, 0.717) is 11.6 Å². The maximum absolute atomic E-state index is 9.38. The second kappa shape index (κ2) is 7.13. The molecule has 0 radical (unpaired) electrons. The Morgan fingerprint density at radius 3 is 2.32 bits per heavy atom. The van der Waals surface area contributed by atoms with Crippen LogP contribution in [0.25, 0.3) is 11.3 Å². The standard InChI is InChI=1S/C20H20N4O/c1-13-19(17-7-5-4-6-8-17)21-15(3)22-20(13)24-23-14(2)16-9-11-18(25)12-10-16/h4-12,25H,1-3H3,(H,21,22,24)/b23-14+. The molecule has 1 heterocycles. The van der Waals surface area contributed by atoms with Crippen LogP contribution in [0, 0.1) is 13.8 Å². The van der Waals surface area contributed by atoms with Gasteiger partial charge in [-0.3, -0.25) is 5.43 Å². The van der Waals surface area contributed by atoms with Gasteiger partial charge >= 0.3 is 0 Å². The van der Waals surface area contributed by atoms with Crippen LogP contribution in [0.3, 0.4) is 0 Å². The minimum Gasteiger partial charge on any atom is -0.508 e. The van der Waals surface area contributed by atoms with Crippen molar-refractivity contribution in [2.24, 2.45) is 5.10 Å². The lowest BCUT2D eigenvalue weighted by molar-refractivity contribution is 0.475. The average Bonchev–Trinajstić information content (AvgIpc) is 2.63. The lowest BCUT2D eigenvalue weighted by atomic mass is 10.1. The van der Waals surface area contributed by atoms with Crippen molar-refractivity contribution in [1.82, 2.24) is 9.97 Å². The molecule has 0 aliphatic rings. The van der Waals surface area contributed by atoms with Gasteiger partial charge in [0.2, 0.25) is 0 Å². The monoisotopic (exact) mass is 332 g/mol. The number of aromatic nitrogens is 2. The van der Waals surface area contributed by atoms with E-state index in [4.69, 9.17) is 0 Å². The normalized spacial score (nSPS) is 11.4. The number of benzene rings is 2. The molecule has 0 unspecified atom stereocenters. The van der Waals surface area contributed by atoms with E-state index in [2.05, 4.69) is 20.5 Å². The summed E-state index contributed by atoms with van der Waals surface area (Å²) in [6.07, 6.45) is 0. The summed E-state index contributed by atoms with van der Waals surface area (Å²) < 4.78 is 0. The number of nitrogens with zero attached hydrogens (tertiary/aromatic N) is 3. The van der Waals surface area contributed by atoms with Gasteiger partial charge in [0.25, 0.3) is 0 Å². The third kappa shape index (κ3) is 3.83. The predicted octanol–water partition coefficient (Wildman–Crippen LogP) is 4.30. The van der Waals surface area contributed by atoms with Gasteiger partial charge in [0.15, 0.2) is 5.82 Å². The Kier molecular flexibility index (Phi) is 4.75. The second-order valence-corrected chi connectivity index (χ2v) is 5.81. The minimum absolute atomic E-state index is 0.235. The van der Waals surface area contributed by atoms with Gasteiger partial charge in [-0.25, -0.2) is 9.97 Å². The van der Waals surface area contributed by atoms with Crippen LogP contribution >= 0.6 is 0 Å². The van der Waals surface area contributed by atoms with Crippen LogP contribution < -0.4 is 5.43 Å². The number of anilines is 1. The molecule has 0 saturated carbocycles. The molecular formula is C20H20N4O. The van der Waals surface area contributed by atoms with E-state index in [9.17, 15) is 5.11 Å². The van der Waals surface area contributed by atoms with Crippen LogP contribution in [-0.4, -0.2) is 20.8 Å². The van der Waals surface area contributed by atoms with Crippen LogP contribution in [-0.2, 0) is 0 Å². The van der Waals surface area contributed by atoms with Crippen LogP contribution in [0.2, 0.25) is 0 Å². The van der Waals surface area contributed by atoms with E-state index in [0.717, 1.165) is 28.1 Å². The largest absolute Gasteiger partial charge is 0.508 e. The molecule has 25 heavy (non-hydrogen) atoms. The van der Waals surface area contributed by atoms with Crippen molar-refractivity contribution in [3.8, 4) is 17.0 Å². The van der Waals surface area contributed by atoms with Crippen molar-refractivity contribution in [3.63, 3.8) is 0 Å². The molecule has 5 nitrogen and oxygen atoms in total. The zero-order valence-electron chi connectivity index (χ0n) is 14.5. The number of phenols is 1. The van der Waals surface area contributed by atoms with Crippen LogP contribution in [0.15, 0.2) is 59.7 Å². The van der Waals surface area contributed by atoms with E-state index >= 15 is 0 Å². The Bertz CT molecular complexity index is 903. The average molecular weight is 332 g/mol. The zero-order valence-corrected chi connectivity index (χ0v) is 14.5. The second-order valence-electron chi connectivity index (χ2n) is 5.81. The third-order valence-electron chi connectivity index (χ3n) is 3.92. The molecular weight excluding hydrogens is 312 g/mol. The maximum atomic E-state index is 9.38. The highest BCUT2D eigenvalue weighted by Crippen LogP contribution is 2.25. The molecule has 0 spiro atoms. The number of nitrogens with one attached hydrogen (secondary N) is 1. The number of rotatable bonds is 4. The highest BCUT2D eigenvalue weighted by molar-refractivity contribution is 5.99. The first kappa shape index (κ1) is 16.6. The van der Waals surface area contributed by atoms with Crippen LogP contribution in [0.1, 0.15) is 23.9 Å². The van der Waals surface area contributed by atoms with E-state index in [1.54, 1.807) is 12.1 Å². The van der Waals surface area contributed by atoms with Gasteiger partial charge in [-0.1, -0.05) is 30.3 Å². The number of phenolic OH excluding ortho intramolecular Hbond substituents is 1. The maximum Gasteiger partial charge on any atom is 0.153 e. The summed E-state index contributed by atoms with van der Waals surface area (Å²) >= 11 is 0. The zero-order chi connectivity index (χ0) is 17.8. The first-order valence-electron chi connectivity index (χ1n) is 8.05. The van der Waals surface area contributed by atoms with Crippen molar-refractivity contribution < 1.29 is 5.11 Å². The molecule has 0 aliphatic carbocycles. The molecule has 0 amide bonds. The Morgan fingerprint density at radius 1 is 0.960 bits per heavy atom. The lowest BCUT2D eigenvalue weighted by Gasteiger charge is -2.11. The Morgan fingerprint density at radius 2 is 1.64 bits per heavy atom. The van der Waals surface area contributed by atoms with Gasteiger partial charge in [0.05, 0.1) is 11.4 Å². The first-order valence-corrected chi connectivity index (χ1v) is 8.05. The molecule has 3 aromatic rings. The van der Waals surface area contributed by atoms with E-state index in [1.807, 2.05) is 63.2 Å². The van der Waals surface area contributed by atoms with Crippen molar-refractivity contribution in [3.05, 3.63) is 71.5 Å². The van der Waals surface area contributed by atoms with Crippen molar-refractivity contribution in [2.75, 3.05) is 5.43 Å². The molecule has 1 aromatic heterocycles. The van der Waals surface area contributed by atoms with E-state index in [1.165, 1.54) is 0 Å².